The summed E-state index contributed by atoms with van der Waals surface area (Å²) in [6.45, 7) is 9.63. The molecule has 0 saturated heterocycles. The molecule has 4 nitrogen and oxygen atoms in total. The van der Waals surface area contributed by atoms with Gasteiger partial charge in [0.15, 0.2) is 0 Å². The number of ether oxygens (including phenoxy) is 1. The number of hydrogen-bond acceptors (Lipinski definition) is 3. The van der Waals surface area contributed by atoms with Crippen molar-refractivity contribution in [3.05, 3.63) is 138 Å². The highest BCUT2D eigenvalue weighted by Crippen LogP contribution is 2.18. The molecule has 0 aliphatic carbocycles. The van der Waals surface area contributed by atoms with Gasteiger partial charge in [0.25, 0.3) is 5.56 Å². The van der Waals surface area contributed by atoms with Crippen LogP contribution >= 0.6 is 0 Å². The Balaban J connectivity index is 1.79. The number of rotatable bonds is 10. The van der Waals surface area contributed by atoms with Gasteiger partial charge in [-0.1, -0.05) is 61.7 Å². The van der Waals surface area contributed by atoms with Crippen molar-refractivity contribution in [1.82, 2.24) is 9.55 Å². The molecule has 0 atom stereocenters. The molecule has 3 aromatic rings. The first-order valence-electron chi connectivity index (χ1n) is 10.9. The summed E-state index contributed by atoms with van der Waals surface area (Å²) >= 11 is 0. The summed E-state index contributed by atoms with van der Waals surface area (Å²) in [5.74, 6) is 0.107. The normalized spacial score (nSPS) is 12.8. The van der Waals surface area contributed by atoms with E-state index in [2.05, 4.69) is 30.3 Å². The lowest BCUT2D eigenvalue weighted by atomic mass is 10.1. The van der Waals surface area contributed by atoms with Gasteiger partial charge in [-0.25, -0.2) is 9.37 Å². The Kier molecular flexibility index (Phi) is 8.69. The van der Waals surface area contributed by atoms with E-state index in [1.807, 2.05) is 37.3 Å². The van der Waals surface area contributed by atoms with Crippen molar-refractivity contribution in [3.8, 4) is 5.75 Å². The van der Waals surface area contributed by atoms with Gasteiger partial charge in [-0.3, -0.25) is 9.36 Å². The van der Waals surface area contributed by atoms with Crippen LogP contribution in [0.15, 0.2) is 127 Å². The Morgan fingerprint density at radius 2 is 1.91 bits per heavy atom. The summed E-state index contributed by atoms with van der Waals surface area (Å²) in [7, 11) is 0. The Bertz CT molecular complexity index is 1350. The van der Waals surface area contributed by atoms with Crippen molar-refractivity contribution in [1.29, 1.82) is 0 Å². The van der Waals surface area contributed by atoms with Crippen LogP contribution in [-0.2, 0) is 6.54 Å². The minimum atomic E-state index is -0.388. The van der Waals surface area contributed by atoms with E-state index in [1.165, 1.54) is 18.7 Å². The fourth-order valence-electron chi connectivity index (χ4n) is 3.18. The Hall–Kier alpha value is -4.25. The molecular formula is C29H27FN2O2. The lowest BCUT2D eigenvalue weighted by Gasteiger charge is -2.08. The molecule has 0 saturated carbocycles. The van der Waals surface area contributed by atoms with Crippen molar-refractivity contribution >= 4 is 16.5 Å². The van der Waals surface area contributed by atoms with Crippen LogP contribution in [0.2, 0.25) is 0 Å². The second-order valence-corrected chi connectivity index (χ2v) is 7.54. The number of benzene rings is 2. The van der Waals surface area contributed by atoms with Crippen LogP contribution in [0.3, 0.4) is 0 Å². The van der Waals surface area contributed by atoms with Crippen molar-refractivity contribution in [3.63, 3.8) is 0 Å². The Morgan fingerprint density at radius 3 is 2.65 bits per heavy atom. The number of aromatic nitrogens is 2. The third kappa shape index (κ3) is 6.62. The van der Waals surface area contributed by atoms with Crippen LogP contribution < -0.4 is 10.3 Å². The average molecular weight is 455 g/mol. The molecule has 172 valence electrons. The van der Waals surface area contributed by atoms with E-state index in [-0.39, 0.29) is 11.4 Å². The lowest BCUT2D eigenvalue weighted by Crippen LogP contribution is -2.21. The molecule has 1 heterocycles. The fraction of sp³-hybridized carbons (Fsp3) is 0.103. The van der Waals surface area contributed by atoms with E-state index >= 15 is 0 Å². The molecule has 1 aromatic heterocycles. The maximum Gasteiger partial charge on any atom is 0.261 e. The molecule has 0 aliphatic rings. The highest BCUT2D eigenvalue weighted by atomic mass is 19.1. The Morgan fingerprint density at radius 1 is 1.12 bits per heavy atom. The molecule has 2 aromatic carbocycles. The zero-order valence-corrected chi connectivity index (χ0v) is 19.2. The number of hydrogen-bond donors (Lipinski definition) is 0. The van der Waals surface area contributed by atoms with Crippen molar-refractivity contribution in [2.75, 3.05) is 0 Å². The van der Waals surface area contributed by atoms with Gasteiger partial charge in [-0.15, -0.1) is 0 Å². The highest BCUT2D eigenvalue weighted by molar-refractivity contribution is 5.79. The zero-order chi connectivity index (χ0) is 24.3. The van der Waals surface area contributed by atoms with E-state index in [0.717, 1.165) is 22.8 Å². The van der Waals surface area contributed by atoms with Crippen molar-refractivity contribution in [2.24, 2.45) is 0 Å². The van der Waals surface area contributed by atoms with Crippen LogP contribution in [0.1, 0.15) is 18.9 Å². The van der Waals surface area contributed by atoms with Crippen LogP contribution in [0.5, 0.6) is 5.75 Å². The van der Waals surface area contributed by atoms with E-state index in [9.17, 15) is 9.18 Å². The minimum absolute atomic E-state index is 0.174. The SMILES string of the molecule is C=C/C(F)=C\C/C=C/Oc1ccc2ncn(C/C(C=C)=C/C=C(\C)c3ccccc3)c(=O)c2c1. The van der Waals surface area contributed by atoms with Gasteiger partial charge in [0, 0.05) is 0 Å². The molecule has 34 heavy (non-hydrogen) atoms. The first kappa shape index (κ1) is 24.4. The third-order valence-electron chi connectivity index (χ3n) is 5.13. The second kappa shape index (κ2) is 12.1. The number of nitrogens with zero attached hydrogens (tertiary/aromatic N) is 2. The zero-order valence-electron chi connectivity index (χ0n) is 19.2. The van der Waals surface area contributed by atoms with E-state index in [1.54, 1.807) is 34.9 Å². The molecule has 0 amide bonds. The minimum Gasteiger partial charge on any atom is -0.465 e. The first-order valence-corrected chi connectivity index (χ1v) is 10.9. The predicted octanol–water partition coefficient (Wildman–Crippen LogP) is 6.93. The van der Waals surface area contributed by atoms with Crippen molar-refractivity contribution < 1.29 is 9.13 Å². The van der Waals surface area contributed by atoms with E-state index < -0.39 is 0 Å². The Labute approximate surface area is 199 Å². The van der Waals surface area contributed by atoms with E-state index in [0.29, 0.717) is 29.6 Å². The topological polar surface area (TPSA) is 44.1 Å². The molecule has 0 radical (unpaired) electrons. The van der Waals surface area contributed by atoms with Gasteiger partial charge < -0.3 is 4.74 Å². The highest BCUT2D eigenvalue weighted by Gasteiger charge is 2.07. The van der Waals surface area contributed by atoms with Gasteiger partial charge in [0.1, 0.15) is 11.6 Å². The third-order valence-corrected chi connectivity index (χ3v) is 5.13. The molecule has 5 heteroatoms. The average Bonchev–Trinajstić information content (AvgIpc) is 2.87. The lowest BCUT2D eigenvalue weighted by molar-refractivity contribution is 0.480. The quantitative estimate of drug-likeness (QED) is 0.246. The van der Waals surface area contributed by atoms with Gasteiger partial charge in [-0.05, 0) is 66.5 Å². The molecule has 0 unspecified atom stereocenters. The monoisotopic (exact) mass is 454 g/mol. The van der Waals surface area contributed by atoms with Gasteiger partial charge in [0.2, 0.25) is 0 Å². The largest absolute Gasteiger partial charge is 0.465 e. The fourth-order valence-corrected chi connectivity index (χ4v) is 3.18. The van der Waals surface area contributed by atoms with Crippen molar-refractivity contribution in [2.45, 2.75) is 19.9 Å². The van der Waals surface area contributed by atoms with Crippen LogP contribution in [-0.4, -0.2) is 9.55 Å². The van der Waals surface area contributed by atoms with Gasteiger partial charge in [0.05, 0.1) is 30.0 Å². The molecule has 0 fully saturated rings. The summed E-state index contributed by atoms with van der Waals surface area (Å²) in [4.78, 5) is 17.5. The summed E-state index contributed by atoms with van der Waals surface area (Å²) in [5, 5.41) is 0.449. The summed E-state index contributed by atoms with van der Waals surface area (Å²) in [5.41, 5.74) is 3.54. The van der Waals surface area contributed by atoms with Gasteiger partial charge >= 0.3 is 0 Å². The summed E-state index contributed by atoms with van der Waals surface area (Å²) in [6.07, 6.45) is 13.3. The molecule has 0 N–H and O–H groups in total. The standard InChI is InChI=1S/C29H27FN2O2/c1-4-23(15-14-22(3)24-11-7-6-8-12-24)20-32-21-31-28-17-16-26(19-27(28)29(32)33)34-18-10-9-13-25(30)5-2/h4-8,10-19,21H,1-2,9,20H2,3H3/b18-10+,22-14+,23-15+,25-13+. The van der Waals surface area contributed by atoms with Crippen LogP contribution in [0, 0.1) is 0 Å². The predicted molar refractivity (Wildman–Crippen MR) is 138 cm³/mol. The molecule has 0 aliphatic heterocycles. The number of allylic oxidation sites excluding steroid dienone is 9. The number of fused-ring (bicyclic) bond motifs is 1. The smallest absolute Gasteiger partial charge is 0.261 e. The van der Waals surface area contributed by atoms with Crippen LogP contribution in [0.4, 0.5) is 4.39 Å². The second-order valence-electron chi connectivity index (χ2n) is 7.54. The maximum absolute atomic E-state index is 13.1. The van der Waals surface area contributed by atoms with Gasteiger partial charge in [-0.2, -0.15) is 0 Å². The summed E-state index contributed by atoms with van der Waals surface area (Å²) < 4.78 is 20.1. The summed E-state index contributed by atoms with van der Waals surface area (Å²) in [6, 6.07) is 15.2. The van der Waals surface area contributed by atoms with E-state index in [4.69, 9.17) is 4.74 Å². The molecular weight excluding hydrogens is 427 g/mol. The number of halogens is 1. The molecule has 0 bridgehead atoms. The molecule has 0 spiro atoms. The maximum atomic E-state index is 13.1. The first-order chi connectivity index (χ1) is 16.5. The molecule has 3 rings (SSSR count). The van der Waals surface area contributed by atoms with Crippen LogP contribution in [0.25, 0.3) is 16.5 Å².